The fraction of sp³-hybridized carbons (Fsp3) is 0.522. The van der Waals surface area contributed by atoms with Gasteiger partial charge in [-0.1, -0.05) is 25.3 Å². The maximum absolute atomic E-state index is 13.3. The monoisotopic (exact) mass is 459 g/mol. The maximum Gasteiger partial charge on any atom is 0.397 e. The highest BCUT2D eigenvalue weighted by Crippen LogP contribution is 2.34. The van der Waals surface area contributed by atoms with Crippen LogP contribution in [-0.2, 0) is 33.4 Å². The summed E-state index contributed by atoms with van der Waals surface area (Å²) in [6, 6.07) is -1.63. The van der Waals surface area contributed by atoms with Crippen molar-refractivity contribution >= 4 is 29.7 Å². The first kappa shape index (κ1) is 24.2. The first-order chi connectivity index (χ1) is 15.8. The van der Waals surface area contributed by atoms with Crippen molar-refractivity contribution in [1.82, 2.24) is 9.80 Å². The van der Waals surface area contributed by atoms with E-state index in [1.165, 1.54) is 24.0 Å². The SMILES string of the molecule is CCOC(=O)C(=O)N(C1=C(C(=O)OC)C(C(=O)OC)N2C=C(C)C=CC2=N1)C1CCCCC1. The molecule has 0 N–H and O–H groups in total. The summed E-state index contributed by atoms with van der Waals surface area (Å²) in [7, 11) is 2.39. The van der Waals surface area contributed by atoms with Crippen LogP contribution >= 0.6 is 0 Å². The molecule has 2 aliphatic heterocycles. The minimum atomic E-state index is -1.24. The van der Waals surface area contributed by atoms with E-state index in [9.17, 15) is 19.2 Å². The Kier molecular flexibility index (Phi) is 7.67. The highest BCUT2D eigenvalue weighted by molar-refractivity contribution is 6.33. The lowest BCUT2D eigenvalue weighted by Crippen LogP contribution is -2.53. The number of carbonyl (C=O) groups excluding carboxylic acids is 4. The summed E-state index contributed by atoms with van der Waals surface area (Å²) in [6.45, 7) is 3.45. The molecule has 33 heavy (non-hydrogen) atoms. The zero-order chi connectivity index (χ0) is 24.1. The molecule has 178 valence electrons. The number of amides is 1. The molecular weight excluding hydrogens is 430 g/mol. The van der Waals surface area contributed by atoms with E-state index in [1.807, 2.05) is 6.92 Å². The van der Waals surface area contributed by atoms with Crippen molar-refractivity contribution in [2.45, 2.75) is 58.0 Å². The smallest absolute Gasteiger partial charge is 0.397 e. The van der Waals surface area contributed by atoms with Gasteiger partial charge in [0, 0.05) is 12.2 Å². The maximum atomic E-state index is 13.3. The normalized spacial score (nSPS) is 20.4. The number of amidine groups is 1. The van der Waals surface area contributed by atoms with Crippen LogP contribution in [0.1, 0.15) is 46.0 Å². The number of fused-ring (bicyclic) bond motifs is 1. The predicted molar refractivity (Wildman–Crippen MR) is 117 cm³/mol. The number of methoxy groups -OCH3 is 2. The second kappa shape index (κ2) is 10.5. The van der Waals surface area contributed by atoms with E-state index in [4.69, 9.17) is 14.2 Å². The van der Waals surface area contributed by atoms with Gasteiger partial charge in [0.25, 0.3) is 0 Å². The fourth-order valence-electron chi connectivity index (χ4n) is 4.26. The molecule has 10 heteroatoms. The van der Waals surface area contributed by atoms with Gasteiger partial charge in [-0.15, -0.1) is 0 Å². The van der Waals surface area contributed by atoms with Gasteiger partial charge >= 0.3 is 23.8 Å². The van der Waals surface area contributed by atoms with Crippen molar-refractivity contribution in [1.29, 1.82) is 0 Å². The molecule has 0 aromatic rings. The van der Waals surface area contributed by atoms with Gasteiger partial charge in [-0.05, 0) is 38.3 Å². The molecule has 3 aliphatic rings. The molecule has 0 bridgehead atoms. The van der Waals surface area contributed by atoms with E-state index < -0.39 is 29.9 Å². The standard InChI is InChI=1S/C23H29N3O7/c1-5-33-23(30)20(27)26(15-9-7-6-8-10-15)19-17(21(28)31-3)18(22(29)32-4)25-13-14(2)11-12-16(25)24-19/h11-13,15,18H,5-10H2,1-4H3. The van der Waals surface area contributed by atoms with Crippen molar-refractivity contribution < 1.29 is 33.4 Å². The number of nitrogens with zero attached hydrogens (tertiary/aromatic N) is 3. The zero-order valence-electron chi connectivity index (χ0n) is 19.3. The van der Waals surface area contributed by atoms with Crippen molar-refractivity contribution in [2.75, 3.05) is 20.8 Å². The number of ether oxygens (including phenoxy) is 3. The van der Waals surface area contributed by atoms with Gasteiger partial charge in [-0.2, -0.15) is 0 Å². The Morgan fingerprint density at radius 3 is 2.39 bits per heavy atom. The van der Waals surface area contributed by atoms with Crippen LogP contribution < -0.4 is 0 Å². The van der Waals surface area contributed by atoms with Gasteiger partial charge in [0.2, 0.25) is 0 Å². The van der Waals surface area contributed by atoms with Crippen LogP contribution in [0, 0.1) is 0 Å². The highest BCUT2D eigenvalue weighted by atomic mass is 16.5. The van der Waals surface area contributed by atoms with Crippen LogP contribution in [0.3, 0.4) is 0 Å². The first-order valence-corrected chi connectivity index (χ1v) is 11.0. The van der Waals surface area contributed by atoms with E-state index in [0.717, 1.165) is 24.8 Å². The summed E-state index contributed by atoms with van der Waals surface area (Å²) >= 11 is 0. The lowest BCUT2D eigenvalue weighted by atomic mass is 9.93. The number of hydrogen-bond donors (Lipinski definition) is 0. The van der Waals surface area contributed by atoms with Gasteiger partial charge < -0.3 is 19.1 Å². The predicted octanol–water partition coefficient (Wildman–Crippen LogP) is 1.82. The summed E-state index contributed by atoms with van der Waals surface area (Å²) in [4.78, 5) is 59.0. The molecule has 1 fully saturated rings. The lowest BCUT2D eigenvalue weighted by molar-refractivity contribution is -0.160. The number of esters is 3. The van der Waals surface area contributed by atoms with Crippen molar-refractivity contribution in [3.63, 3.8) is 0 Å². The molecule has 0 radical (unpaired) electrons. The minimum Gasteiger partial charge on any atom is -0.467 e. The van der Waals surface area contributed by atoms with E-state index in [0.29, 0.717) is 18.7 Å². The lowest BCUT2D eigenvalue weighted by Gasteiger charge is -2.40. The van der Waals surface area contributed by atoms with Gasteiger partial charge in [-0.25, -0.2) is 19.4 Å². The highest BCUT2D eigenvalue weighted by Gasteiger charge is 2.46. The number of rotatable bonds is 5. The second-order valence-electron chi connectivity index (χ2n) is 7.93. The summed E-state index contributed by atoms with van der Waals surface area (Å²) in [5.41, 5.74) is 0.651. The Bertz CT molecular complexity index is 957. The molecule has 2 heterocycles. The van der Waals surface area contributed by atoms with Gasteiger partial charge in [-0.3, -0.25) is 9.69 Å². The number of aliphatic imine (C=N–C) groups is 1. The molecule has 0 spiro atoms. The Labute approximate surface area is 192 Å². The van der Waals surface area contributed by atoms with E-state index in [-0.39, 0.29) is 24.0 Å². The summed E-state index contributed by atoms with van der Waals surface area (Å²) in [6.07, 6.45) is 9.08. The van der Waals surface area contributed by atoms with Crippen LogP contribution in [0.5, 0.6) is 0 Å². The number of hydrogen-bond acceptors (Lipinski definition) is 9. The first-order valence-electron chi connectivity index (χ1n) is 11.0. The third-order valence-electron chi connectivity index (χ3n) is 5.78. The molecule has 10 nitrogen and oxygen atoms in total. The molecule has 1 atom stereocenters. The summed E-state index contributed by atoms with van der Waals surface area (Å²) < 4.78 is 14.9. The molecule has 1 unspecified atom stereocenters. The van der Waals surface area contributed by atoms with E-state index in [1.54, 1.807) is 25.3 Å². The molecule has 3 rings (SSSR count). The third kappa shape index (κ3) is 4.84. The van der Waals surface area contributed by atoms with E-state index in [2.05, 4.69) is 4.99 Å². The van der Waals surface area contributed by atoms with Crippen molar-refractivity contribution in [3.8, 4) is 0 Å². The largest absolute Gasteiger partial charge is 0.467 e. The molecule has 1 aliphatic carbocycles. The molecule has 0 aromatic carbocycles. The Hall–Kier alpha value is -3.43. The van der Waals surface area contributed by atoms with Gasteiger partial charge in [0.15, 0.2) is 11.9 Å². The topological polar surface area (TPSA) is 115 Å². The Balaban J connectivity index is 2.25. The molecule has 1 amide bonds. The van der Waals surface area contributed by atoms with Crippen molar-refractivity contribution in [3.05, 3.63) is 35.3 Å². The quantitative estimate of drug-likeness (QED) is 0.347. The molecule has 0 saturated heterocycles. The Morgan fingerprint density at radius 1 is 1.09 bits per heavy atom. The minimum absolute atomic E-state index is 0.0197. The summed E-state index contributed by atoms with van der Waals surface area (Å²) in [5, 5.41) is 0. The average molecular weight is 459 g/mol. The van der Waals surface area contributed by atoms with Crippen LogP contribution in [0.4, 0.5) is 0 Å². The van der Waals surface area contributed by atoms with Gasteiger partial charge in [0.1, 0.15) is 11.4 Å². The van der Waals surface area contributed by atoms with Crippen LogP contribution in [0.25, 0.3) is 0 Å². The molecule has 1 saturated carbocycles. The zero-order valence-corrected chi connectivity index (χ0v) is 19.3. The Morgan fingerprint density at radius 2 is 1.79 bits per heavy atom. The van der Waals surface area contributed by atoms with E-state index >= 15 is 0 Å². The summed E-state index contributed by atoms with van der Waals surface area (Å²) in [5.74, 6) is -3.32. The second-order valence-corrected chi connectivity index (χ2v) is 7.93. The van der Waals surface area contributed by atoms with Crippen LogP contribution in [0.2, 0.25) is 0 Å². The van der Waals surface area contributed by atoms with Crippen molar-refractivity contribution in [2.24, 2.45) is 4.99 Å². The molecule has 0 aromatic heterocycles. The van der Waals surface area contributed by atoms with Crippen LogP contribution in [-0.4, -0.2) is 72.4 Å². The average Bonchev–Trinajstić information content (AvgIpc) is 2.83. The molecular formula is C23H29N3O7. The number of carbonyl (C=O) groups is 4. The fourth-order valence-corrected chi connectivity index (χ4v) is 4.26. The van der Waals surface area contributed by atoms with Gasteiger partial charge in [0.05, 0.1) is 20.8 Å². The third-order valence-corrected chi connectivity index (χ3v) is 5.78. The number of allylic oxidation sites excluding steroid dienone is 2. The van der Waals surface area contributed by atoms with Crippen LogP contribution in [0.15, 0.2) is 40.3 Å².